The molecule has 11 heteroatoms. The summed E-state index contributed by atoms with van der Waals surface area (Å²) in [6.45, 7) is 7.93. The zero-order valence-corrected chi connectivity index (χ0v) is 21.0. The number of nitriles is 1. The van der Waals surface area contributed by atoms with Gasteiger partial charge in [-0.05, 0) is 37.8 Å². The number of anilines is 1. The number of allylic oxidation sites excluding steroid dienone is 3. The number of carbonyl (C=O) groups is 2. The second-order valence-corrected chi connectivity index (χ2v) is 11.1. The van der Waals surface area contributed by atoms with E-state index in [-0.39, 0.29) is 34.3 Å². The number of carbonyl (C=O) groups excluding carboxylic acids is 2. The molecule has 0 spiro atoms. The molecule has 0 fully saturated rings. The number of rotatable bonds is 6. The highest BCUT2D eigenvalue weighted by atomic mass is 32.2. The van der Waals surface area contributed by atoms with Crippen molar-refractivity contribution < 1.29 is 18.7 Å². The lowest BCUT2D eigenvalue weighted by Crippen LogP contribution is -2.42. The fraction of sp³-hybridized carbons (Fsp3) is 0.435. The van der Waals surface area contributed by atoms with Crippen molar-refractivity contribution in [1.29, 1.82) is 5.26 Å². The van der Waals surface area contributed by atoms with Crippen LogP contribution in [0.4, 0.5) is 5.13 Å². The molecule has 0 aromatic carbocycles. The minimum atomic E-state index is -0.667. The molecule has 2 aromatic heterocycles. The number of nitrogens with zero attached hydrogens (tertiary/aromatic N) is 4. The van der Waals surface area contributed by atoms with E-state index < -0.39 is 5.92 Å². The van der Waals surface area contributed by atoms with Crippen LogP contribution in [0.2, 0.25) is 0 Å². The van der Waals surface area contributed by atoms with E-state index in [0.29, 0.717) is 51.7 Å². The maximum Gasteiger partial charge on any atom is 0.316 e. The Kier molecular flexibility index (Phi) is 6.55. The zero-order chi connectivity index (χ0) is 24.6. The molecule has 0 saturated carbocycles. The number of esters is 1. The molecule has 9 nitrogen and oxygen atoms in total. The molecule has 2 aliphatic rings. The molecule has 2 aromatic rings. The van der Waals surface area contributed by atoms with Crippen LogP contribution in [-0.4, -0.2) is 34.3 Å². The first kappa shape index (κ1) is 24.0. The normalized spacial score (nSPS) is 19.8. The van der Waals surface area contributed by atoms with Crippen LogP contribution in [0.5, 0.6) is 0 Å². The van der Waals surface area contributed by atoms with Crippen LogP contribution in [0.25, 0.3) is 0 Å². The van der Waals surface area contributed by atoms with Gasteiger partial charge in [0.05, 0.1) is 29.9 Å². The van der Waals surface area contributed by atoms with Gasteiger partial charge in [-0.15, -0.1) is 10.2 Å². The molecule has 1 aliphatic carbocycles. The van der Waals surface area contributed by atoms with E-state index in [1.54, 1.807) is 17.9 Å². The molecular formula is C23H25N5O4S2. The third kappa shape index (κ3) is 4.48. The van der Waals surface area contributed by atoms with Gasteiger partial charge in [0.2, 0.25) is 5.13 Å². The molecule has 2 N–H and O–H groups in total. The molecule has 1 aliphatic heterocycles. The monoisotopic (exact) mass is 499 g/mol. The summed E-state index contributed by atoms with van der Waals surface area (Å²) < 4.78 is 11.4. The first-order valence-corrected chi connectivity index (χ1v) is 12.6. The van der Waals surface area contributed by atoms with Crippen molar-refractivity contribution in [3.05, 3.63) is 46.3 Å². The quantitative estimate of drug-likeness (QED) is 0.458. The molecule has 1 atom stereocenters. The SMILES string of the molecule is CCOC(=O)CSc1nnc(N2C(N)=C(C#N)C(c3ccc(C)o3)C3=C2CC(C)(C)CC3=O)s1. The number of furan rings is 1. The van der Waals surface area contributed by atoms with Crippen molar-refractivity contribution in [3.8, 4) is 6.07 Å². The number of Topliss-reactive ketones (excluding diaryl/α,β-unsaturated/α-hetero) is 1. The predicted octanol–water partition coefficient (Wildman–Crippen LogP) is 4.04. The number of ketones is 1. The van der Waals surface area contributed by atoms with Crippen LogP contribution >= 0.6 is 23.1 Å². The van der Waals surface area contributed by atoms with Crippen LogP contribution in [0.15, 0.2) is 43.6 Å². The molecule has 1 unspecified atom stereocenters. The van der Waals surface area contributed by atoms with Crippen LogP contribution in [0, 0.1) is 23.7 Å². The van der Waals surface area contributed by atoms with Crippen LogP contribution in [-0.2, 0) is 14.3 Å². The summed E-state index contributed by atoms with van der Waals surface area (Å²) in [5.41, 5.74) is 7.72. The van der Waals surface area contributed by atoms with Crippen molar-refractivity contribution in [2.45, 2.75) is 50.8 Å². The van der Waals surface area contributed by atoms with Gasteiger partial charge in [0.15, 0.2) is 10.1 Å². The van der Waals surface area contributed by atoms with E-state index in [0.717, 1.165) is 0 Å². The Labute approximate surface area is 205 Å². The van der Waals surface area contributed by atoms with Gasteiger partial charge in [-0.2, -0.15) is 5.26 Å². The summed E-state index contributed by atoms with van der Waals surface area (Å²) in [7, 11) is 0. The molecule has 0 saturated heterocycles. The Morgan fingerprint density at radius 1 is 1.41 bits per heavy atom. The van der Waals surface area contributed by atoms with Crippen molar-refractivity contribution in [1.82, 2.24) is 10.2 Å². The first-order valence-electron chi connectivity index (χ1n) is 10.8. The van der Waals surface area contributed by atoms with Crippen molar-refractivity contribution in [2.24, 2.45) is 11.1 Å². The number of ether oxygens (including phenoxy) is 1. The fourth-order valence-electron chi connectivity index (χ4n) is 4.29. The van der Waals surface area contributed by atoms with Gasteiger partial charge in [0.1, 0.15) is 17.3 Å². The number of hydrogen-bond donors (Lipinski definition) is 1. The second kappa shape index (κ2) is 9.27. The third-order valence-corrected chi connectivity index (χ3v) is 7.65. The lowest BCUT2D eigenvalue weighted by molar-refractivity contribution is -0.139. The number of aryl methyl sites for hydroxylation is 1. The molecule has 178 valence electrons. The van der Waals surface area contributed by atoms with Gasteiger partial charge in [0, 0.05) is 17.7 Å². The van der Waals surface area contributed by atoms with Gasteiger partial charge in [-0.1, -0.05) is 36.9 Å². The average Bonchev–Trinajstić information content (AvgIpc) is 3.40. The van der Waals surface area contributed by atoms with Crippen molar-refractivity contribution >= 4 is 40.0 Å². The lowest BCUT2D eigenvalue weighted by Gasteiger charge is -2.42. The minimum absolute atomic E-state index is 0.0445. The third-order valence-electron chi connectivity index (χ3n) is 5.63. The molecule has 34 heavy (non-hydrogen) atoms. The highest BCUT2D eigenvalue weighted by Crippen LogP contribution is 2.50. The van der Waals surface area contributed by atoms with E-state index in [4.69, 9.17) is 14.9 Å². The molecule has 0 bridgehead atoms. The summed E-state index contributed by atoms with van der Waals surface area (Å²) in [5.74, 6) is 0.456. The van der Waals surface area contributed by atoms with E-state index in [1.165, 1.54) is 23.1 Å². The summed E-state index contributed by atoms with van der Waals surface area (Å²) in [4.78, 5) is 26.8. The Morgan fingerprint density at radius 2 is 2.18 bits per heavy atom. The summed E-state index contributed by atoms with van der Waals surface area (Å²) in [6, 6.07) is 5.80. The maximum atomic E-state index is 13.4. The highest BCUT2D eigenvalue weighted by Gasteiger charge is 2.46. The smallest absolute Gasteiger partial charge is 0.316 e. The van der Waals surface area contributed by atoms with Crippen molar-refractivity contribution in [2.75, 3.05) is 17.3 Å². The lowest BCUT2D eigenvalue weighted by atomic mass is 9.69. The van der Waals surface area contributed by atoms with Crippen LogP contribution in [0.1, 0.15) is 51.1 Å². The van der Waals surface area contributed by atoms with Gasteiger partial charge in [-0.3, -0.25) is 14.5 Å². The molecule has 4 rings (SSSR count). The molecular weight excluding hydrogens is 474 g/mol. The van der Waals surface area contributed by atoms with Gasteiger partial charge in [-0.25, -0.2) is 0 Å². The van der Waals surface area contributed by atoms with Gasteiger partial charge < -0.3 is 14.9 Å². The number of nitrogens with two attached hydrogens (primary N) is 1. The maximum absolute atomic E-state index is 13.4. The van der Waals surface area contributed by atoms with Gasteiger partial charge in [0.25, 0.3) is 0 Å². The number of hydrogen-bond acceptors (Lipinski definition) is 11. The van der Waals surface area contributed by atoms with E-state index in [9.17, 15) is 14.9 Å². The predicted molar refractivity (Wildman–Crippen MR) is 128 cm³/mol. The average molecular weight is 500 g/mol. The molecule has 0 amide bonds. The highest BCUT2D eigenvalue weighted by molar-refractivity contribution is 8.01. The molecule has 0 radical (unpaired) electrons. The molecule has 3 heterocycles. The topological polar surface area (TPSA) is 135 Å². The number of thioether (sulfide) groups is 1. The van der Waals surface area contributed by atoms with Crippen LogP contribution < -0.4 is 10.6 Å². The summed E-state index contributed by atoms with van der Waals surface area (Å²) >= 11 is 2.46. The first-order chi connectivity index (χ1) is 16.1. The Bertz CT molecular complexity index is 1250. The second-order valence-electron chi connectivity index (χ2n) is 8.87. The summed E-state index contributed by atoms with van der Waals surface area (Å²) in [6.07, 6.45) is 0.916. The van der Waals surface area contributed by atoms with E-state index in [1.807, 2.05) is 26.8 Å². The minimum Gasteiger partial charge on any atom is -0.465 e. The summed E-state index contributed by atoms with van der Waals surface area (Å²) in [5, 5.41) is 19.0. The Morgan fingerprint density at radius 3 is 2.82 bits per heavy atom. The standard InChI is InChI=1S/C23H25N5O4S2/c1-5-31-17(30)11-33-22-27-26-21(34-22)28-14-8-23(3,4)9-15(29)19(14)18(13(10-24)20(28)25)16-7-6-12(2)32-16/h6-7,18H,5,8-9,11,25H2,1-4H3. The van der Waals surface area contributed by atoms with Gasteiger partial charge >= 0.3 is 5.97 Å². The zero-order valence-electron chi connectivity index (χ0n) is 19.4. The Balaban J connectivity index is 1.79. The number of aromatic nitrogens is 2. The van der Waals surface area contributed by atoms with Crippen LogP contribution in [0.3, 0.4) is 0 Å². The van der Waals surface area contributed by atoms with Crippen molar-refractivity contribution in [3.63, 3.8) is 0 Å². The van der Waals surface area contributed by atoms with E-state index >= 15 is 0 Å². The Hall–Kier alpha value is -3.10. The van der Waals surface area contributed by atoms with E-state index in [2.05, 4.69) is 16.3 Å². The largest absolute Gasteiger partial charge is 0.465 e. The fourth-order valence-corrected chi connectivity index (χ4v) is 5.97.